The first-order chi connectivity index (χ1) is 10.2. The lowest BCUT2D eigenvalue weighted by molar-refractivity contribution is 0.0383. The van der Waals surface area contributed by atoms with Crippen LogP contribution in [0.1, 0.15) is 22.8 Å². The molecular formula is C16H25N3O2. The molecule has 0 atom stereocenters. The molecule has 1 amide bonds. The van der Waals surface area contributed by atoms with Crippen LogP contribution >= 0.6 is 0 Å². The van der Waals surface area contributed by atoms with Crippen molar-refractivity contribution in [2.45, 2.75) is 13.8 Å². The summed E-state index contributed by atoms with van der Waals surface area (Å²) in [5.41, 5.74) is 2.71. The molecule has 1 aromatic carbocycles. The van der Waals surface area contributed by atoms with Crippen molar-refractivity contribution in [2.75, 3.05) is 51.3 Å². The number of benzene rings is 1. The minimum atomic E-state index is -0.0112. The summed E-state index contributed by atoms with van der Waals surface area (Å²) in [5.74, 6) is -0.0112. The Morgan fingerprint density at radius 2 is 2.10 bits per heavy atom. The highest BCUT2D eigenvalue weighted by Crippen LogP contribution is 2.17. The Balaban J connectivity index is 1.88. The summed E-state index contributed by atoms with van der Waals surface area (Å²) in [6.45, 7) is 9.84. The monoisotopic (exact) mass is 291 g/mol. The number of amides is 1. The Morgan fingerprint density at radius 1 is 1.33 bits per heavy atom. The van der Waals surface area contributed by atoms with E-state index in [4.69, 9.17) is 4.74 Å². The number of anilines is 1. The molecule has 2 N–H and O–H groups in total. The summed E-state index contributed by atoms with van der Waals surface area (Å²) < 4.78 is 5.31. The van der Waals surface area contributed by atoms with Gasteiger partial charge in [0.15, 0.2) is 0 Å². The summed E-state index contributed by atoms with van der Waals surface area (Å²) in [7, 11) is 0. The highest BCUT2D eigenvalue weighted by atomic mass is 16.5. The summed E-state index contributed by atoms with van der Waals surface area (Å²) in [5, 5.41) is 6.25. The lowest BCUT2D eigenvalue weighted by Gasteiger charge is -2.26. The Bertz CT molecular complexity index is 471. The molecule has 1 aliphatic heterocycles. The van der Waals surface area contributed by atoms with Crippen molar-refractivity contribution in [1.82, 2.24) is 10.2 Å². The van der Waals surface area contributed by atoms with E-state index in [1.807, 2.05) is 32.0 Å². The molecule has 0 aliphatic carbocycles. The first-order valence-corrected chi connectivity index (χ1v) is 7.63. The van der Waals surface area contributed by atoms with Gasteiger partial charge in [-0.05, 0) is 26.0 Å². The van der Waals surface area contributed by atoms with Gasteiger partial charge in [0.2, 0.25) is 0 Å². The van der Waals surface area contributed by atoms with Crippen molar-refractivity contribution in [3.8, 4) is 0 Å². The van der Waals surface area contributed by atoms with Crippen LogP contribution in [0.25, 0.3) is 0 Å². The average Bonchev–Trinajstić information content (AvgIpc) is 2.50. The molecule has 1 aromatic rings. The van der Waals surface area contributed by atoms with Crippen molar-refractivity contribution in [1.29, 1.82) is 0 Å². The Hall–Kier alpha value is -1.59. The molecule has 0 unspecified atom stereocenters. The van der Waals surface area contributed by atoms with Crippen LogP contribution in [0.2, 0.25) is 0 Å². The molecule has 0 bridgehead atoms. The first-order valence-electron chi connectivity index (χ1n) is 7.63. The summed E-state index contributed by atoms with van der Waals surface area (Å²) >= 11 is 0. The number of carbonyl (C=O) groups excluding carboxylic acids is 1. The van der Waals surface area contributed by atoms with E-state index in [1.54, 1.807) is 0 Å². The van der Waals surface area contributed by atoms with Crippen molar-refractivity contribution in [2.24, 2.45) is 0 Å². The molecule has 1 aliphatic rings. The second-order valence-electron chi connectivity index (χ2n) is 5.29. The zero-order chi connectivity index (χ0) is 15.1. The molecule has 0 aromatic heterocycles. The van der Waals surface area contributed by atoms with Gasteiger partial charge in [-0.15, -0.1) is 0 Å². The Labute approximate surface area is 126 Å². The molecule has 2 rings (SSSR count). The van der Waals surface area contributed by atoms with Crippen molar-refractivity contribution in [3.05, 3.63) is 29.3 Å². The topological polar surface area (TPSA) is 53.6 Å². The summed E-state index contributed by atoms with van der Waals surface area (Å²) in [6.07, 6.45) is 0. The highest BCUT2D eigenvalue weighted by Gasteiger charge is 2.13. The minimum Gasteiger partial charge on any atom is -0.385 e. The lowest BCUT2D eigenvalue weighted by atomic mass is 10.1. The van der Waals surface area contributed by atoms with E-state index >= 15 is 0 Å². The van der Waals surface area contributed by atoms with Gasteiger partial charge in [-0.3, -0.25) is 9.69 Å². The predicted octanol–water partition coefficient (Wildman–Crippen LogP) is 1.49. The van der Waals surface area contributed by atoms with Crippen molar-refractivity contribution >= 4 is 11.6 Å². The smallest absolute Gasteiger partial charge is 0.253 e. The molecule has 1 saturated heterocycles. The fourth-order valence-electron chi connectivity index (χ4n) is 2.44. The maximum Gasteiger partial charge on any atom is 0.253 e. The number of hydrogen-bond donors (Lipinski definition) is 2. The van der Waals surface area contributed by atoms with Crippen LogP contribution in [0.4, 0.5) is 5.69 Å². The second kappa shape index (κ2) is 8.00. The van der Waals surface area contributed by atoms with E-state index in [0.717, 1.165) is 56.2 Å². The largest absolute Gasteiger partial charge is 0.385 e. The van der Waals surface area contributed by atoms with Gasteiger partial charge in [0, 0.05) is 38.4 Å². The third-order valence-electron chi connectivity index (χ3n) is 3.60. The number of nitrogens with one attached hydrogen (secondary N) is 2. The predicted molar refractivity (Wildman–Crippen MR) is 84.9 cm³/mol. The van der Waals surface area contributed by atoms with E-state index in [1.165, 1.54) is 0 Å². The third kappa shape index (κ3) is 4.72. The molecule has 0 radical (unpaired) electrons. The minimum absolute atomic E-state index is 0.0112. The lowest BCUT2D eigenvalue weighted by Crippen LogP contribution is -2.41. The molecule has 5 heteroatoms. The van der Waals surface area contributed by atoms with Gasteiger partial charge in [0.25, 0.3) is 5.91 Å². The van der Waals surface area contributed by atoms with Crippen LogP contribution in [-0.4, -0.2) is 56.7 Å². The van der Waals surface area contributed by atoms with Crippen molar-refractivity contribution < 1.29 is 9.53 Å². The van der Waals surface area contributed by atoms with Gasteiger partial charge >= 0.3 is 0 Å². The van der Waals surface area contributed by atoms with Crippen LogP contribution in [0, 0.1) is 6.92 Å². The fourth-order valence-corrected chi connectivity index (χ4v) is 2.44. The van der Waals surface area contributed by atoms with E-state index < -0.39 is 0 Å². The third-order valence-corrected chi connectivity index (χ3v) is 3.60. The number of morpholine rings is 1. The van der Waals surface area contributed by atoms with Gasteiger partial charge in [0.05, 0.1) is 18.8 Å². The maximum atomic E-state index is 12.3. The van der Waals surface area contributed by atoms with Gasteiger partial charge < -0.3 is 15.4 Å². The maximum absolute atomic E-state index is 12.3. The van der Waals surface area contributed by atoms with Crippen LogP contribution in [0.3, 0.4) is 0 Å². The first kappa shape index (κ1) is 15.8. The molecule has 21 heavy (non-hydrogen) atoms. The molecule has 1 heterocycles. The van der Waals surface area contributed by atoms with Gasteiger partial charge in [0.1, 0.15) is 0 Å². The number of carbonyl (C=O) groups is 1. The van der Waals surface area contributed by atoms with Crippen LogP contribution in [0.15, 0.2) is 18.2 Å². The molecule has 0 spiro atoms. The zero-order valence-electron chi connectivity index (χ0n) is 12.9. The van der Waals surface area contributed by atoms with E-state index in [2.05, 4.69) is 15.5 Å². The Morgan fingerprint density at radius 3 is 2.81 bits per heavy atom. The quantitative estimate of drug-likeness (QED) is 0.834. The number of nitrogens with zero attached hydrogens (tertiary/aromatic N) is 1. The number of ether oxygens (including phenoxy) is 1. The Kier molecular flexibility index (Phi) is 6.02. The van der Waals surface area contributed by atoms with E-state index in [0.29, 0.717) is 6.54 Å². The zero-order valence-corrected chi connectivity index (χ0v) is 12.9. The molecule has 5 nitrogen and oxygen atoms in total. The normalized spacial score (nSPS) is 15.7. The fraction of sp³-hybridized carbons (Fsp3) is 0.562. The van der Waals surface area contributed by atoms with E-state index in [9.17, 15) is 4.79 Å². The van der Waals surface area contributed by atoms with Gasteiger partial charge in [-0.2, -0.15) is 0 Å². The van der Waals surface area contributed by atoms with Gasteiger partial charge in [-0.1, -0.05) is 11.6 Å². The van der Waals surface area contributed by atoms with Crippen molar-refractivity contribution in [3.63, 3.8) is 0 Å². The highest BCUT2D eigenvalue weighted by molar-refractivity contribution is 5.99. The average molecular weight is 291 g/mol. The molecule has 1 fully saturated rings. The summed E-state index contributed by atoms with van der Waals surface area (Å²) in [6, 6.07) is 5.92. The number of aryl methyl sites for hydroxylation is 1. The van der Waals surface area contributed by atoms with Crippen LogP contribution in [0.5, 0.6) is 0 Å². The van der Waals surface area contributed by atoms with Crippen LogP contribution in [-0.2, 0) is 4.74 Å². The molecule has 0 saturated carbocycles. The molecular weight excluding hydrogens is 266 g/mol. The summed E-state index contributed by atoms with van der Waals surface area (Å²) in [4.78, 5) is 14.7. The molecule has 116 valence electrons. The number of rotatable bonds is 6. The second-order valence-corrected chi connectivity index (χ2v) is 5.29. The SMILES string of the molecule is CCNc1ccc(C)cc1C(=O)NCCN1CCOCC1. The van der Waals surface area contributed by atoms with E-state index in [-0.39, 0.29) is 5.91 Å². The standard InChI is InChI=1S/C16H25N3O2/c1-3-17-15-5-4-13(2)12-14(15)16(20)18-6-7-19-8-10-21-11-9-19/h4-5,12,17H,3,6-11H2,1-2H3,(H,18,20). The van der Waals surface area contributed by atoms with Crippen LogP contribution < -0.4 is 10.6 Å². The number of hydrogen-bond acceptors (Lipinski definition) is 4. The van der Waals surface area contributed by atoms with Gasteiger partial charge in [-0.25, -0.2) is 0 Å².